The van der Waals surface area contributed by atoms with E-state index in [4.69, 9.17) is 14.2 Å². The van der Waals surface area contributed by atoms with Gasteiger partial charge in [0, 0.05) is 17.9 Å². The van der Waals surface area contributed by atoms with Crippen LogP contribution in [0.15, 0.2) is 12.2 Å². The Morgan fingerprint density at radius 1 is 1.12 bits per heavy atom. The van der Waals surface area contributed by atoms with E-state index < -0.39 is 42.6 Å². The Labute approximate surface area is 198 Å². The molecule has 2 aliphatic heterocycles. The quantitative estimate of drug-likeness (QED) is 0.604. The summed E-state index contributed by atoms with van der Waals surface area (Å²) >= 11 is 0. The summed E-state index contributed by atoms with van der Waals surface area (Å²) in [4.78, 5) is 27.8. The lowest BCUT2D eigenvalue weighted by atomic mass is 9.84. The van der Waals surface area contributed by atoms with Crippen LogP contribution in [0.1, 0.15) is 54.4 Å². The monoisotopic (exact) mass is 469 g/mol. The molecule has 0 bridgehead atoms. The van der Waals surface area contributed by atoms with Crippen LogP contribution < -0.4 is 0 Å². The average Bonchev–Trinajstić information content (AvgIpc) is 2.73. The molecule has 2 aliphatic rings. The summed E-state index contributed by atoms with van der Waals surface area (Å²) in [6.45, 7) is 10.8. The molecule has 190 valence electrons. The van der Waals surface area contributed by atoms with Gasteiger partial charge in [0.05, 0.1) is 24.2 Å². The number of esters is 1. The Kier molecular flexibility index (Phi) is 10.1. The first-order valence-corrected chi connectivity index (χ1v) is 12.1. The van der Waals surface area contributed by atoms with Crippen molar-refractivity contribution in [1.82, 2.24) is 4.90 Å². The second-order valence-electron chi connectivity index (χ2n) is 10.3. The number of carbonyl (C=O) groups excluding carboxylic acids is 2. The van der Waals surface area contributed by atoms with Crippen molar-refractivity contribution in [2.45, 2.75) is 97.2 Å². The molecule has 1 fully saturated rings. The highest BCUT2D eigenvalue weighted by molar-refractivity contribution is 5.91. The number of aliphatic hydroxyl groups excluding tert-OH is 2. The van der Waals surface area contributed by atoms with Gasteiger partial charge in [-0.3, -0.25) is 9.59 Å². The number of ketones is 1. The predicted molar refractivity (Wildman–Crippen MR) is 124 cm³/mol. The van der Waals surface area contributed by atoms with Crippen LogP contribution in [-0.2, 0) is 23.8 Å². The molecule has 2 heterocycles. The Bertz CT molecular complexity index is 694. The summed E-state index contributed by atoms with van der Waals surface area (Å²) in [5.74, 6) is -1.99. The normalized spacial score (nSPS) is 43.4. The van der Waals surface area contributed by atoms with E-state index in [1.54, 1.807) is 26.8 Å². The highest BCUT2D eigenvalue weighted by atomic mass is 16.7. The van der Waals surface area contributed by atoms with Gasteiger partial charge in [0.2, 0.25) is 0 Å². The average molecular weight is 470 g/mol. The van der Waals surface area contributed by atoms with Gasteiger partial charge >= 0.3 is 5.97 Å². The number of hydrogen-bond donors (Lipinski definition) is 2. The van der Waals surface area contributed by atoms with Crippen molar-refractivity contribution in [3.05, 3.63) is 12.2 Å². The van der Waals surface area contributed by atoms with E-state index in [2.05, 4.69) is 0 Å². The van der Waals surface area contributed by atoms with E-state index in [-0.39, 0.29) is 35.7 Å². The first-order valence-electron chi connectivity index (χ1n) is 12.1. The molecule has 2 rings (SSSR count). The lowest BCUT2D eigenvalue weighted by molar-refractivity contribution is -0.279. The third kappa shape index (κ3) is 7.09. The Hall–Kier alpha value is -1.32. The summed E-state index contributed by atoms with van der Waals surface area (Å²) in [5, 5.41) is 21.1. The second-order valence-corrected chi connectivity index (χ2v) is 10.3. The minimum Gasteiger partial charge on any atom is -0.459 e. The molecule has 0 spiro atoms. The first kappa shape index (κ1) is 27.9. The van der Waals surface area contributed by atoms with Gasteiger partial charge in [-0.1, -0.05) is 26.8 Å². The number of likely N-dealkylation sites (N-methyl/N-ethyl adjacent to an activating group) is 1. The zero-order chi connectivity index (χ0) is 25.0. The van der Waals surface area contributed by atoms with Gasteiger partial charge in [0.1, 0.15) is 12.2 Å². The summed E-state index contributed by atoms with van der Waals surface area (Å²) in [6.07, 6.45) is 0.131. The molecular formula is C25H43NO7. The van der Waals surface area contributed by atoms with Crippen molar-refractivity contribution in [2.24, 2.45) is 23.7 Å². The molecule has 8 heteroatoms. The topological polar surface area (TPSA) is 106 Å². The number of carbonyl (C=O) groups is 2. The van der Waals surface area contributed by atoms with Gasteiger partial charge in [-0.05, 0) is 59.7 Å². The Morgan fingerprint density at radius 2 is 1.76 bits per heavy atom. The summed E-state index contributed by atoms with van der Waals surface area (Å²) < 4.78 is 18.0. The summed E-state index contributed by atoms with van der Waals surface area (Å²) in [7, 11) is 3.81. The van der Waals surface area contributed by atoms with Crippen molar-refractivity contribution >= 4 is 11.8 Å². The molecule has 0 amide bonds. The zero-order valence-electron chi connectivity index (χ0n) is 21.3. The lowest BCUT2D eigenvalue weighted by Crippen LogP contribution is -2.56. The van der Waals surface area contributed by atoms with Crippen LogP contribution in [0.25, 0.3) is 0 Å². The van der Waals surface area contributed by atoms with Crippen LogP contribution in [-0.4, -0.2) is 83.8 Å². The van der Waals surface area contributed by atoms with Gasteiger partial charge in [0.25, 0.3) is 0 Å². The molecule has 11 unspecified atom stereocenters. The fourth-order valence-electron chi connectivity index (χ4n) is 4.90. The highest BCUT2D eigenvalue weighted by Crippen LogP contribution is 2.32. The van der Waals surface area contributed by atoms with Crippen molar-refractivity contribution in [1.29, 1.82) is 0 Å². The Morgan fingerprint density at radius 3 is 2.33 bits per heavy atom. The maximum Gasteiger partial charge on any atom is 0.311 e. The molecule has 0 saturated carbocycles. The molecule has 8 nitrogen and oxygen atoms in total. The van der Waals surface area contributed by atoms with Crippen LogP contribution in [0, 0.1) is 23.7 Å². The third-order valence-electron chi connectivity index (χ3n) is 7.01. The van der Waals surface area contributed by atoms with Gasteiger partial charge in [-0.2, -0.15) is 0 Å². The molecule has 33 heavy (non-hydrogen) atoms. The first-order chi connectivity index (χ1) is 15.3. The molecule has 11 atom stereocenters. The van der Waals surface area contributed by atoms with Gasteiger partial charge in [0.15, 0.2) is 12.1 Å². The maximum absolute atomic E-state index is 13.1. The fourth-order valence-corrected chi connectivity index (χ4v) is 4.90. The zero-order valence-corrected chi connectivity index (χ0v) is 21.3. The van der Waals surface area contributed by atoms with E-state index in [0.717, 1.165) is 0 Å². The minimum absolute atomic E-state index is 0.0217. The number of allylic oxidation sites excluding steroid dienone is 1. The second kappa shape index (κ2) is 11.9. The van der Waals surface area contributed by atoms with Crippen molar-refractivity contribution in [3.8, 4) is 0 Å². The molecule has 0 aromatic heterocycles. The molecule has 0 aromatic carbocycles. The van der Waals surface area contributed by atoms with E-state index >= 15 is 0 Å². The van der Waals surface area contributed by atoms with Crippen LogP contribution in [0.5, 0.6) is 0 Å². The Balaban J connectivity index is 2.35. The van der Waals surface area contributed by atoms with Crippen LogP contribution >= 0.6 is 0 Å². The smallest absolute Gasteiger partial charge is 0.311 e. The number of ether oxygens (including phenoxy) is 3. The number of cyclic esters (lactones) is 1. The third-order valence-corrected chi connectivity index (χ3v) is 7.01. The maximum atomic E-state index is 13.1. The van der Waals surface area contributed by atoms with Crippen molar-refractivity contribution < 1.29 is 34.0 Å². The van der Waals surface area contributed by atoms with Gasteiger partial charge < -0.3 is 29.3 Å². The molecule has 0 aromatic rings. The standard InChI is InChI=1S/C25H43NO7/c1-13-9-10-20(28)14(2)11-15(3)22(17(5)24(30)32-23(13)18(6)27)33-25-21(29)19(26(7)8)12-16(4)31-25/h9-10,13-19,21-23,25,27,29H,11-12H2,1-8H3/b10-9-. The molecule has 1 saturated heterocycles. The van der Waals surface area contributed by atoms with E-state index in [1.807, 2.05) is 39.8 Å². The number of nitrogens with zero attached hydrogens (tertiary/aromatic N) is 1. The van der Waals surface area contributed by atoms with E-state index in [9.17, 15) is 19.8 Å². The van der Waals surface area contributed by atoms with Crippen LogP contribution in [0.2, 0.25) is 0 Å². The van der Waals surface area contributed by atoms with Crippen molar-refractivity contribution in [2.75, 3.05) is 14.1 Å². The van der Waals surface area contributed by atoms with Gasteiger partial charge in [-0.25, -0.2) is 0 Å². The molecule has 2 N–H and O–H groups in total. The number of rotatable bonds is 4. The minimum atomic E-state index is -0.908. The molecule has 0 radical (unpaired) electrons. The highest BCUT2D eigenvalue weighted by Gasteiger charge is 2.43. The molecule has 0 aliphatic carbocycles. The van der Waals surface area contributed by atoms with Crippen molar-refractivity contribution in [3.63, 3.8) is 0 Å². The van der Waals surface area contributed by atoms with E-state index in [0.29, 0.717) is 12.8 Å². The van der Waals surface area contributed by atoms with E-state index in [1.165, 1.54) is 6.08 Å². The number of aliphatic hydroxyl groups is 2. The summed E-state index contributed by atoms with van der Waals surface area (Å²) in [5.41, 5.74) is 0. The van der Waals surface area contributed by atoms with Crippen LogP contribution in [0.4, 0.5) is 0 Å². The predicted octanol–water partition coefficient (Wildman–Crippen LogP) is 2.16. The SMILES string of the molecule is CC1CC(N(C)C)C(O)C(OC2C(C)CC(C)C(=O)/C=C\C(C)C(C(C)O)OC(=O)C2C)O1. The number of hydrogen-bond acceptors (Lipinski definition) is 8. The molecular weight excluding hydrogens is 426 g/mol. The summed E-state index contributed by atoms with van der Waals surface area (Å²) in [6, 6.07) is -0.145. The van der Waals surface area contributed by atoms with Crippen LogP contribution in [0.3, 0.4) is 0 Å². The fraction of sp³-hybridized carbons (Fsp3) is 0.840. The van der Waals surface area contributed by atoms with Gasteiger partial charge in [-0.15, -0.1) is 0 Å². The largest absolute Gasteiger partial charge is 0.459 e. The lowest BCUT2D eigenvalue weighted by Gasteiger charge is -2.43.